The van der Waals surface area contributed by atoms with Crippen LogP contribution in [0.5, 0.6) is 0 Å². The minimum absolute atomic E-state index is 0.0887. The number of esters is 1. The highest BCUT2D eigenvalue weighted by Crippen LogP contribution is 2.24. The topological polar surface area (TPSA) is 43.4 Å². The first kappa shape index (κ1) is 12.4. The molecule has 18 heavy (non-hydrogen) atoms. The van der Waals surface area contributed by atoms with Gasteiger partial charge in [0.25, 0.3) is 0 Å². The van der Waals surface area contributed by atoms with Crippen molar-refractivity contribution in [2.45, 2.75) is 26.2 Å². The highest BCUT2D eigenvalue weighted by atomic mass is 16.5. The normalized spacial score (nSPS) is 12.6. The first-order valence-corrected chi connectivity index (χ1v) is 6.02. The summed E-state index contributed by atoms with van der Waals surface area (Å²) in [5, 5.41) is 0. The van der Waals surface area contributed by atoms with Gasteiger partial charge in [-0.25, -0.2) is 0 Å². The lowest BCUT2D eigenvalue weighted by molar-refractivity contribution is -0.141. The molecule has 0 fully saturated rings. The van der Waals surface area contributed by atoms with Crippen molar-refractivity contribution >= 4 is 11.8 Å². The maximum Gasteiger partial charge on any atom is 0.317 e. The Kier molecular flexibility index (Phi) is 3.78. The van der Waals surface area contributed by atoms with Crippen LogP contribution in [0.15, 0.2) is 18.2 Å². The van der Waals surface area contributed by atoms with Gasteiger partial charge in [0.1, 0.15) is 6.42 Å². The Morgan fingerprint density at radius 1 is 1.39 bits per heavy atom. The Morgan fingerprint density at radius 3 is 3.00 bits per heavy atom. The maximum absolute atomic E-state index is 11.6. The predicted molar refractivity (Wildman–Crippen MR) is 67.2 cm³/mol. The van der Waals surface area contributed by atoms with E-state index in [1.54, 1.807) is 6.92 Å². The quantitative estimate of drug-likeness (QED) is 0.589. The summed E-state index contributed by atoms with van der Waals surface area (Å²) in [7, 11) is 0. The van der Waals surface area contributed by atoms with E-state index >= 15 is 0 Å². The number of fused-ring (bicyclic) bond motifs is 1. The highest BCUT2D eigenvalue weighted by molar-refractivity contribution is 6.01. The van der Waals surface area contributed by atoms with Crippen LogP contribution in [0.25, 0.3) is 0 Å². The second-order valence-electron chi connectivity index (χ2n) is 4.04. The molecule has 0 heterocycles. The van der Waals surface area contributed by atoms with Crippen molar-refractivity contribution in [3.05, 3.63) is 34.9 Å². The van der Waals surface area contributed by atoms with E-state index in [0.29, 0.717) is 13.0 Å². The molecular weight excluding hydrogens is 228 g/mol. The molecule has 0 saturated carbocycles. The van der Waals surface area contributed by atoms with Gasteiger partial charge in [0.15, 0.2) is 5.78 Å². The zero-order valence-corrected chi connectivity index (χ0v) is 10.3. The molecule has 0 amide bonds. The van der Waals surface area contributed by atoms with Crippen LogP contribution in [0, 0.1) is 11.8 Å². The molecule has 92 valence electrons. The molecule has 0 radical (unpaired) electrons. The Morgan fingerprint density at radius 2 is 2.22 bits per heavy atom. The lowest BCUT2D eigenvalue weighted by Crippen LogP contribution is -2.01. The monoisotopic (exact) mass is 242 g/mol. The van der Waals surface area contributed by atoms with Gasteiger partial charge in [0, 0.05) is 17.5 Å². The third kappa shape index (κ3) is 2.60. The van der Waals surface area contributed by atoms with E-state index in [0.717, 1.165) is 23.1 Å². The number of ketones is 1. The first-order valence-electron chi connectivity index (χ1n) is 6.02. The fourth-order valence-corrected chi connectivity index (χ4v) is 2.03. The van der Waals surface area contributed by atoms with E-state index in [9.17, 15) is 9.59 Å². The third-order valence-corrected chi connectivity index (χ3v) is 2.84. The Hall–Kier alpha value is -2.08. The second kappa shape index (κ2) is 5.50. The summed E-state index contributed by atoms with van der Waals surface area (Å²) in [5.74, 6) is 5.62. The third-order valence-electron chi connectivity index (χ3n) is 2.84. The standard InChI is InChI=1S/C15H14O3/c1-2-18-15(17)8-4-6-11-5-3-7-13-12(11)9-10-14(13)16/h3,5,7H,2,8-10H2,1H3. The van der Waals surface area contributed by atoms with Gasteiger partial charge >= 0.3 is 5.97 Å². The van der Waals surface area contributed by atoms with Gasteiger partial charge in [-0.2, -0.15) is 0 Å². The van der Waals surface area contributed by atoms with Crippen molar-refractivity contribution in [2.24, 2.45) is 0 Å². The molecule has 0 atom stereocenters. The zero-order chi connectivity index (χ0) is 13.0. The van der Waals surface area contributed by atoms with Crippen LogP contribution >= 0.6 is 0 Å². The zero-order valence-electron chi connectivity index (χ0n) is 10.3. The van der Waals surface area contributed by atoms with Gasteiger partial charge in [0.2, 0.25) is 0 Å². The predicted octanol–water partition coefficient (Wildman–Crippen LogP) is 2.12. The number of carbonyl (C=O) groups excluding carboxylic acids is 2. The van der Waals surface area contributed by atoms with Crippen molar-refractivity contribution < 1.29 is 14.3 Å². The van der Waals surface area contributed by atoms with E-state index in [2.05, 4.69) is 11.8 Å². The molecule has 1 aliphatic carbocycles. The fourth-order valence-electron chi connectivity index (χ4n) is 2.03. The van der Waals surface area contributed by atoms with Crippen LogP contribution in [0.4, 0.5) is 0 Å². The lowest BCUT2D eigenvalue weighted by Gasteiger charge is -2.00. The van der Waals surface area contributed by atoms with Gasteiger partial charge in [-0.05, 0) is 25.0 Å². The van der Waals surface area contributed by atoms with Crippen LogP contribution in [0.1, 0.15) is 41.3 Å². The summed E-state index contributed by atoms with van der Waals surface area (Å²) in [6.07, 6.45) is 1.40. The van der Waals surface area contributed by atoms with Gasteiger partial charge in [-0.15, -0.1) is 0 Å². The molecule has 0 unspecified atom stereocenters. The average Bonchev–Trinajstić information content (AvgIpc) is 2.73. The minimum Gasteiger partial charge on any atom is -0.465 e. The lowest BCUT2D eigenvalue weighted by atomic mass is 10.0. The van der Waals surface area contributed by atoms with Gasteiger partial charge in [0.05, 0.1) is 6.61 Å². The molecule has 3 nitrogen and oxygen atoms in total. The average molecular weight is 242 g/mol. The summed E-state index contributed by atoms with van der Waals surface area (Å²) in [6, 6.07) is 5.55. The van der Waals surface area contributed by atoms with Crippen LogP contribution in [-0.2, 0) is 16.0 Å². The molecule has 3 heteroatoms. The summed E-state index contributed by atoms with van der Waals surface area (Å²) < 4.78 is 4.79. The molecule has 0 N–H and O–H groups in total. The fraction of sp³-hybridized carbons (Fsp3) is 0.333. The number of hydrogen-bond acceptors (Lipinski definition) is 3. The molecule has 0 aromatic heterocycles. The van der Waals surface area contributed by atoms with Crippen LogP contribution < -0.4 is 0 Å². The van der Waals surface area contributed by atoms with Gasteiger partial charge in [-0.1, -0.05) is 24.0 Å². The van der Waals surface area contributed by atoms with E-state index in [1.165, 1.54) is 0 Å². The SMILES string of the molecule is CCOC(=O)CC#Cc1cccc2c1CCC2=O. The number of carbonyl (C=O) groups is 2. The van der Waals surface area contributed by atoms with Crippen LogP contribution in [0.3, 0.4) is 0 Å². The van der Waals surface area contributed by atoms with Gasteiger partial charge in [-0.3, -0.25) is 9.59 Å². The molecule has 0 bridgehead atoms. The van der Waals surface area contributed by atoms with E-state index in [4.69, 9.17) is 4.74 Å². The Bertz CT molecular complexity index is 547. The minimum atomic E-state index is -0.311. The smallest absolute Gasteiger partial charge is 0.317 e. The molecule has 2 rings (SSSR count). The number of rotatable bonds is 2. The molecular formula is C15H14O3. The van der Waals surface area contributed by atoms with Gasteiger partial charge < -0.3 is 4.74 Å². The largest absolute Gasteiger partial charge is 0.465 e. The molecule has 0 spiro atoms. The maximum atomic E-state index is 11.6. The number of benzene rings is 1. The van der Waals surface area contributed by atoms with E-state index in [1.807, 2.05) is 18.2 Å². The second-order valence-corrected chi connectivity index (χ2v) is 4.04. The van der Waals surface area contributed by atoms with E-state index in [-0.39, 0.29) is 18.2 Å². The Balaban J connectivity index is 2.14. The number of Topliss-reactive ketones (excluding diaryl/α,β-unsaturated/α-hetero) is 1. The molecule has 0 saturated heterocycles. The molecule has 0 aliphatic heterocycles. The summed E-state index contributed by atoms with van der Waals surface area (Å²) in [6.45, 7) is 2.14. The van der Waals surface area contributed by atoms with Crippen molar-refractivity contribution in [1.29, 1.82) is 0 Å². The molecule has 1 aliphatic rings. The first-order chi connectivity index (χ1) is 8.72. The Labute approximate surface area is 106 Å². The van der Waals surface area contributed by atoms with Crippen molar-refractivity contribution in [1.82, 2.24) is 0 Å². The van der Waals surface area contributed by atoms with Crippen LogP contribution in [-0.4, -0.2) is 18.4 Å². The highest BCUT2D eigenvalue weighted by Gasteiger charge is 2.20. The van der Waals surface area contributed by atoms with E-state index < -0.39 is 0 Å². The van der Waals surface area contributed by atoms with Crippen molar-refractivity contribution in [3.63, 3.8) is 0 Å². The van der Waals surface area contributed by atoms with Crippen molar-refractivity contribution in [3.8, 4) is 11.8 Å². The number of ether oxygens (including phenoxy) is 1. The van der Waals surface area contributed by atoms with Crippen LogP contribution in [0.2, 0.25) is 0 Å². The summed E-state index contributed by atoms with van der Waals surface area (Å²) >= 11 is 0. The molecule has 1 aromatic rings. The summed E-state index contributed by atoms with van der Waals surface area (Å²) in [4.78, 5) is 22.7. The number of hydrogen-bond donors (Lipinski definition) is 0. The molecule has 1 aromatic carbocycles. The summed E-state index contributed by atoms with van der Waals surface area (Å²) in [5.41, 5.74) is 2.64. The van der Waals surface area contributed by atoms with Crippen molar-refractivity contribution in [2.75, 3.05) is 6.61 Å².